The van der Waals surface area contributed by atoms with Gasteiger partial charge in [0.1, 0.15) is 0 Å². The Morgan fingerprint density at radius 2 is 2.14 bits per heavy atom. The van der Waals surface area contributed by atoms with E-state index in [4.69, 9.17) is 0 Å². The second-order valence-corrected chi connectivity index (χ2v) is 7.62. The molecule has 0 N–H and O–H groups in total. The first kappa shape index (κ1) is 10.9. The zero-order valence-electron chi connectivity index (χ0n) is 7.51. The molecule has 0 saturated carbocycles. The van der Waals surface area contributed by atoms with Gasteiger partial charge in [-0.25, -0.2) is 0 Å². The van der Waals surface area contributed by atoms with Gasteiger partial charge in [0, 0.05) is 19.3 Å². The summed E-state index contributed by atoms with van der Waals surface area (Å²) in [6.07, 6.45) is 0. The van der Waals surface area contributed by atoms with E-state index in [0.29, 0.717) is 0 Å². The van der Waals surface area contributed by atoms with Gasteiger partial charge >= 0.3 is 0 Å². The zero-order valence-corrected chi connectivity index (χ0v) is 12.6. The third kappa shape index (κ3) is 2.14. The van der Waals surface area contributed by atoms with E-state index < -0.39 is 0 Å². The maximum absolute atomic E-state index is 3.58. The summed E-state index contributed by atoms with van der Waals surface area (Å²) in [7, 11) is 2.12. The van der Waals surface area contributed by atoms with Gasteiger partial charge < -0.3 is 0 Å². The van der Waals surface area contributed by atoms with E-state index in [2.05, 4.69) is 62.8 Å². The lowest BCUT2D eigenvalue weighted by atomic mass is 10.2. The van der Waals surface area contributed by atoms with E-state index in [0.717, 1.165) is 8.19 Å². The van der Waals surface area contributed by atoms with Crippen molar-refractivity contribution in [2.45, 2.75) is 6.92 Å². The summed E-state index contributed by atoms with van der Waals surface area (Å²) in [5, 5.41) is 2.90. The van der Waals surface area contributed by atoms with Gasteiger partial charge in [-0.1, -0.05) is 30.2 Å². The lowest BCUT2D eigenvalue weighted by Crippen LogP contribution is -1.77. The molecule has 2 rings (SSSR count). The Morgan fingerprint density at radius 3 is 2.79 bits per heavy atom. The van der Waals surface area contributed by atoms with Gasteiger partial charge in [0.05, 0.1) is 0 Å². The molecule has 2 aromatic heterocycles. The second-order valence-electron chi connectivity index (χ2n) is 2.98. The largest absolute Gasteiger partial charge is 0.131 e. The molecule has 14 heavy (non-hydrogen) atoms. The molecule has 0 aliphatic rings. The van der Waals surface area contributed by atoms with Crippen LogP contribution in [0.5, 0.6) is 0 Å². The molecule has 1 unspecified atom stereocenters. The molecule has 2 heterocycles. The van der Waals surface area contributed by atoms with Crippen LogP contribution < -0.4 is 0 Å². The molecular formula is C10H8Br2P2. The molecule has 0 aromatic carbocycles. The van der Waals surface area contributed by atoms with Crippen LogP contribution in [0.3, 0.4) is 0 Å². The third-order valence-electron chi connectivity index (χ3n) is 2.03. The molecule has 0 nitrogen and oxygen atoms in total. The van der Waals surface area contributed by atoms with Crippen LogP contribution in [-0.4, -0.2) is 0 Å². The van der Waals surface area contributed by atoms with Gasteiger partial charge in [-0.3, -0.25) is 0 Å². The van der Waals surface area contributed by atoms with Crippen LogP contribution in [0.1, 0.15) is 5.56 Å². The van der Waals surface area contributed by atoms with Crippen LogP contribution >= 0.6 is 48.2 Å². The standard InChI is InChI=1S/C10H8Br2P2/c1-6-7(11)5-9(12)14-10(6)8-3-2-4-13-8/h2-5,13H,1H3. The molecule has 72 valence electrons. The van der Waals surface area contributed by atoms with Crippen LogP contribution in [0.15, 0.2) is 32.7 Å². The monoisotopic (exact) mass is 348 g/mol. The fraction of sp³-hybridized carbons (Fsp3) is 0.100. The smallest absolute Gasteiger partial charge is 0.0465 e. The molecule has 2 aromatic rings. The molecule has 0 radical (unpaired) electrons. The van der Waals surface area contributed by atoms with Crippen molar-refractivity contribution in [1.82, 2.24) is 0 Å². The molecular weight excluding hydrogens is 342 g/mol. The molecule has 1 atom stereocenters. The van der Waals surface area contributed by atoms with Gasteiger partial charge in [0.2, 0.25) is 0 Å². The number of hydrogen-bond donors (Lipinski definition) is 0. The van der Waals surface area contributed by atoms with Crippen molar-refractivity contribution in [3.8, 4) is 10.6 Å². The van der Waals surface area contributed by atoms with E-state index in [1.165, 1.54) is 33.0 Å². The predicted octanol–water partition coefficient (Wildman–Crippen LogP) is 5.80. The Hall–Kier alpha value is 0.390. The summed E-state index contributed by atoms with van der Waals surface area (Å²) in [6, 6.07) is 6.49. The highest BCUT2D eigenvalue weighted by Crippen LogP contribution is 2.43. The lowest BCUT2D eigenvalue weighted by Gasteiger charge is -2.06. The highest BCUT2D eigenvalue weighted by atomic mass is 79.9. The maximum Gasteiger partial charge on any atom is 0.0465 e. The van der Waals surface area contributed by atoms with Crippen molar-refractivity contribution >= 4 is 48.2 Å². The number of halogens is 2. The topological polar surface area (TPSA) is 0 Å². The third-order valence-corrected chi connectivity index (χ3v) is 6.06. The molecule has 0 aliphatic heterocycles. The summed E-state index contributed by atoms with van der Waals surface area (Å²) >= 11 is 7.15. The Labute approximate surface area is 104 Å². The minimum atomic E-state index is 0.829. The molecule has 0 saturated heterocycles. The molecule has 0 spiro atoms. The molecule has 0 bridgehead atoms. The van der Waals surface area contributed by atoms with E-state index >= 15 is 0 Å². The Bertz CT molecular complexity index is 449. The minimum absolute atomic E-state index is 0.829. The van der Waals surface area contributed by atoms with Crippen LogP contribution in [-0.2, 0) is 0 Å². The summed E-state index contributed by atoms with van der Waals surface area (Å²) in [4.78, 5) is 0. The average Bonchev–Trinajstić information content (AvgIpc) is 2.63. The summed E-state index contributed by atoms with van der Waals surface area (Å²) < 4.78 is 2.42. The summed E-state index contributed by atoms with van der Waals surface area (Å²) in [5.74, 6) is 2.23. The lowest BCUT2D eigenvalue weighted by molar-refractivity contribution is 1.48. The fourth-order valence-electron chi connectivity index (χ4n) is 1.29. The summed E-state index contributed by atoms with van der Waals surface area (Å²) in [6.45, 7) is 2.17. The SMILES string of the molecule is Cc1c(Br)cc(Br)pc1-c1ccc[pH]1. The van der Waals surface area contributed by atoms with Gasteiger partial charge in [0.25, 0.3) is 0 Å². The van der Waals surface area contributed by atoms with Crippen molar-refractivity contribution in [3.63, 3.8) is 0 Å². The molecule has 4 heteroatoms. The van der Waals surface area contributed by atoms with Crippen molar-refractivity contribution in [3.05, 3.63) is 38.2 Å². The first-order valence-corrected chi connectivity index (χ1v) is 7.70. The molecule has 0 fully saturated rings. The molecule has 0 amide bonds. The first-order chi connectivity index (χ1) is 6.68. The second kappa shape index (κ2) is 4.49. The Balaban J connectivity index is 2.64. The zero-order chi connectivity index (χ0) is 10.1. The normalized spacial score (nSPS) is 11.6. The van der Waals surface area contributed by atoms with E-state index in [1.807, 2.05) is 0 Å². The van der Waals surface area contributed by atoms with Gasteiger partial charge in [-0.15, -0.1) is 8.19 Å². The molecule has 0 aliphatic carbocycles. The van der Waals surface area contributed by atoms with Crippen LogP contribution in [0.2, 0.25) is 0 Å². The van der Waals surface area contributed by atoms with Gasteiger partial charge in [-0.2, -0.15) is 0 Å². The van der Waals surface area contributed by atoms with Crippen molar-refractivity contribution in [2.75, 3.05) is 0 Å². The van der Waals surface area contributed by atoms with E-state index in [9.17, 15) is 0 Å². The predicted molar refractivity (Wildman–Crippen MR) is 74.0 cm³/mol. The average molecular weight is 350 g/mol. The van der Waals surface area contributed by atoms with Crippen molar-refractivity contribution in [2.24, 2.45) is 0 Å². The van der Waals surface area contributed by atoms with Gasteiger partial charge in [0.15, 0.2) is 0 Å². The van der Waals surface area contributed by atoms with E-state index in [-0.39, 0.29) is 0 Å². The Kier molecular flexibility index (Phi) is 3.50. The van der Waals surface area contributed by atoms with Crippen LogP contribution in [0, 0.1) is 6.92 Å². The van der Waals surface area contributed by atoms with Crippen LogP contribution in [0.4, 0.5) is 0 Å². The fourth-order valence-corrected chi connectivity index (χ4v) is 5.25. The van der Waals surface area contributed by atoms with Crippen molar-refractivity contribution < 1.29 is 0 Å². The van der Waals surface area contributed by atoms with Crippen LogP contribution in [0.25, 0.3) is 10.6 Å². The van der Waals surface area contributed by atoms with E-state index in [1.54, 1.807) is 0 Å². The first-order valence-electron chi connectivity index (χ1n) is 4.15. The Morgan fingerprint density at radius 1 is 1.36 bits per heavy atom. The minimum Gasteiger partial charge on any atom is -0.131 e. The number of hydrogen-bond acceptors (Lipinski definition) is 0. The highest BCUT2D eigenvalue weighted by molar-refractivity contribution is 9.11. The van der Waals surface area contributed by atoms with Crippen molar-refractivity contribution in [1.29, 1.82) is 0 Å². The highest BCUT2D eigenvalue weighted by Gasteiger charge is 2.07. The maximum atomic E-state index is 3.58. The van der Waals surface area contributed by atoms with Gasteiger partial charge in [-0.05, 0) is 46.3 Å². The quantitative estimate of drug-likeness (QED) is 0.610. The summed E-state index contributed by atoms with van der Waals surface area (Å²) in [5.41, 5.74) is 1.36. The number of rotatable bonds is 1.